The molecule has 2 N–H and O–H groups in total. The monoisotopic (exact) mass is 466 g/mol. The maximum Gasteiger partial charge on any atom is 0.460 e. The minimum Gasteiger partial charge on any atom is -0.505 e. The molecule has 2 heterocycles. The lowest BCUT2D eigenvalue weighted by atomic mass is 10.0. The number of aliphatic hydroxyl groups is 1. The third-order valence-electron chi connectivity index (χ3n) is 4.58. The number of aromatic nitrogens is 3. The number of carbonyl (C=O) groups is 2. The van der Waals surface area contributed by atoms with E-state index in [-0.39, 0.29) is 28.5 Å². The second-order valence-corrected chi connectivity index (χ2v) is 6.94. The predicted octanol–water partition coefficient (Wildman–Crippen LogP) is 3.27. The molecule has 0 spiro atoms. The minimum absolute atomic E-state index is 0.160. The van der Waals surface area contributed by atoms with Gasteiger partial charge >= 0.3 is 11.7 Å². The molecule has 4 aromatic rings. The number of hydrogen-bond donors (Lipinski definition) is 2. The van der Waals surface area contributed by atoms with Crippen molar-refractivity contribution in [3.8, 4) is 0 Å². The molecular weight excluding hydrogens is 452 g/mol. The normalized spacial score (nSPS) is 11.7. The molecule has 2 aromatic heterocycles. The zero-order valence-electron chi connectivity index (χ0n) is 16.8. The van der Waals surface area contributed by atoms with Gasteiger partial charge < -0.3 is 14.4 Å². The zero-order chi connectivity index (χ0) is 23.4. The number of rotatable bonds is 6. The van der Waals surface area contributed by atoms with Gasteiger partial charge in [-0.15, -0.1) is 16.7 Å². The summed E-state index contributed by atoms with van der Waals surface area (Å²) in [6.07, 6.45) is 1.59. The maximum atomic E-state index is 12.6. The van der Waals surface area contributed by atoms with Crippen LogP contribution in [0, 0.1) is 0 Å². The van der Waals surface area contributed by atoms with E-state index in [0.717, 1.165) is 4.68 Å². The van der Waals surface area contributed by atoms with Crippen LogP contribution in [0.3, 0.4) is 0 Å². The summed E-state index contributed by atoms with van der Waals surface area (Å²) >= 11 is 5.83. The Morgan fingerprint density at radius 2 is 1.91 bits per heavy atom. The van der Waals surface area contributed by atoms with Gasteiger partial charge in [0.25, 0.3) is 0 Å². The van der Waals surface area contributed by atoms with Crippen LogP contribution < -0.4 is 11.1 Å². The summed E-state index contributed by atoms with van der Waals surface area (Å²) in [5.74, 6) is -1.12. The highest BCUT2D eigenvalue weighted by atomic mass is 35.5. The van der Waals surface area contributed by atoms with Crippen molar-refractivity contribution in [2.24, 2.45) is 0 Å². The van der Waals surface area contributed by atoms with Crippen molar-refractivity contribution < 1.29 is 24.0 Å². The van der Waals surface area contributed by atoms with Gasteiger partial charge in [-0.05, 0) is 12.1 Å². The molecule has 0 saturated heterocycles. The van der Waals surface area contributed by atoms with E-state index in [1.54, 1.807) is 42.5 Å². The van der Waals surface area contributed by atoms with Crippen LogP contribution in [-0.4, -0.2) is 37.9 Å². The Balaban J connectivity index is 1.63. The van der Waals surface area contributed by atoms with Crippen molar-refractivity contribution in [1.29, 1.82) is 0 Å². The molecule has 0 radical (unpaired) electrons. The van der Waals surface area contributed by atoms with E-state index in [1.165, 1.54) is 24.5 Å². The fraction of sp³-hybridized carbons (Fsp3) is 0.0455. The lowest BCUT2D eigenvalue weighted by molar-refractivity contribution is 0.103. The van der Waals surface area contributed by atoms with E-state index >= 15 is 0 Å². The Hall–Kier alpha value is -4.44. The molecule has 0 aliphatic carbocycles. The molecule has 0 amide bonds. The third-order valence-corrected chi connectivity index (χ3v) is 4.85. The van der Waals surface area contributed by atoms with E-state index in [2.05, 4.69) is 15.8 Å². The molecule has 33 heavy (non-hydrogen) atoms. The van der Waals surface area contributed by atoms with Crippen LogP contribution >= 0.6 is 11.6 Å². The number of nitrogens with zero attached hydrogens (tertiary/aromatic N) is 3. The van der Waals surface area contributed by atoms with Gasteiger partial charge in [-0.25, -0.2) is 15.1 Å². The Kier molecular flexibility index (Phi) is 6.18. The molecule has 0 aliphatic rings. The van der Waals surface area contributed by atoms with E-state index in [1.807, 2.05) is 0 Å². The fourth-order valence-corrected chi connectivity index (χ4v) is 3.11. The Morgan fingerprint density at radius 3 is 2.61 bits per heavy atom. The lowest BCUT2D eigenvalue weighted by Gasteiger charge is -2.11. The van der Waals surface area contributed by atoms with Gasteiger partial charge in [-0.3, -0.25) is 4.79 Å². The van der Waals surface area contributed by atoms with Crippen molar-refractivity contribution in [3.05, 3.63) is 99.8 Å². The summed E-state index contributed by atoms with van der Waals surface area (Å²) in [6.45, 7) is 0. The largest absolute Gasteiger partial charge is 0.505 e. The molecule has 0 atom stereocenters. The van der Waals surface area contributed by atoms with Crippen molar-refractivity contribution >= 4 is 40.2 Å². The number of aliphatic hydroxyl groups excluding tert-OH is 1. The Morgan fingerprint density at radius 1 is 1.12 bits per heavy atom. The summed E-state index contributed by atoms with van der Waals surface area (Å²) in [6, 6.07) is 14.7. The van der Waals surface area contributed by atoms with Crippen LogP contribution in [0.4, 0.5) is 4.79 Å². The highest BCUT2D eigenvalue weighted by Crippen LogP contribution is 2.21. The van der Waals surface area contributed by atoms with E-state index in [0.29, 0.717) is 16.5 Å². The van der Waals surface area contributed by atoms with Crippen LogP contribution in [0.1, 0.15) is 21.5 Å². The summed E-state index contributed by atoms with van der Waals surface area (Å²) in [7, 11) is 0. The topological polar surface area (TPSA) is 137 Å². The summed E-state index contributed by atoms with van der Waals surface area (Å²) < 4.78 is 6.12. The quantitative estimate of drug-likeness (QED) is 0.144. The van der Waals surface area contributed by atoms with Crippen molar-refractivity contribution in [2.45, 2.75) is 0 Å². The van der Waals surface area contributed by atoms with Crippen LogP contribution in [0.2, 0.25) is 0 Å². The smallest absolute Gasteiger partial charge is 0.460 e. The molecule has 2 aromatic carbocycles. The number of alkyl halides is 1. The second-order valence-electron chi connectivity index (χ2n) is 6.67. The van der Waals surface area contributed by atoms with Crippen molar-refractivity contribution in [2.75, 3.05) is 5.88 Å². The molecular formula is C22H15ClN4O6. The molecule has 11 heteroatoms. The number of carbonyl (C=O) groups excluding carboxylic acids is 2. The molecule has 4 rings (SSSR count). The first-order chi connectivity index (χ1) is 16.0. The van der Waals surface area contributed by atoms with Gasteiger partial charge in [-0.1, -0.05) is 47.7 Å². The van der Waals surface area contributed by atoms with Crippen LogP contribution in [0.5, 0.6) is 0 Å². The van der Waals surface area contributed by atoms with Crippen LogP contribution in [0.15, 0.2) is 81.9 Å². The Labute approximate surface area is 190 Å². The van der Waals surface area contributed by atoms with Crippen molar-refractivity contribution in [1.82, 2.24) is 20.5 Å². The van der Waals surface area contributed by atoms with Gasteiger partial charge in [-0.2, -0.15) is 4.68 Å². The first kappa shape index (κ1) is 21.8. The molecule has 0 unspecified atom stereocenters. The fourth-order valence-electron chi connectivity index (χ4n) is 2.93. The maximum absolute atomic E-state index is 12.6. The number of nitrogens with one attached hydrogen (secondary N) is 1. The van der Waals surface area contributed by atoms with Crippen molar-refractivity contribution in [3.63, 3.8) is 0 Å². The molecule has 0 bridgehead atoms. The number of hydroxylamine groups is 1. The van der Waals surface area contributed by atoms with E-state index in [4.69, 9.17) is 20.9 Å². The second kappa shape index (κ2) is 9.37. The standard InChI is InChI=1S/C22H15ClN4O6/c23-12-17(25-33-22(31)27-9-8-24-26-27)20(29)16-10-14-6-7-15(11-18(14)32-21(16)30)19(28)13-4-2-1-3-5-13/h1-11,25,29H,12H2. The number of halogens is 1. The number of hydrogen-bond acceptors (Lipinski definition) is 9. The first-order valence-electron chi connectivity index (χ1n) is 9.47. The lowest BCUT2D eigenvalue weighted by Crippen LogP contribution is -2.26. The summed E-state index contributed by atoms with van der Waals surface area (Å²) in [5, 5.41) is 17.9. The molecule has 0 fully saturated rings. The number of fused-ring (bicyclic) bond motifs is 1. The van der Waals surface area contributed by atoms with Crippen LogP contribution in [0.25, 0.3) is 16.7 Å². The minimum atomic E-state index is -0.941. The van der Waals surface area contributed by atoms with Gasteiger partial charge in [0.15, 0.2) is 11.5 Å². The molecule has 0 aliphatic heterocycles. The van der Waals surface area contributed by atoms with Gasteiger partial charge in [0.05, 0.1) is 18.3 Å². The number of ketones is 1. The number of benzene rings is 2. The molecule has 0 saturated carbocycles. The average molecular weight is 467 g/mol. The van der Waals surface area contributed by atoms with Gasteiger partial charge in [0.1, 0.15) is 16.8 Å². The highest BCUT2D eigenvalue weighted by Gasteiger charge is 2.17. The zero-order valence-corrected chi connectivity index (χ0v) is 17.5. The molecule has 10 nitrogen and oxygen atoms in total. The van der Waals surface area contributed by atoms with E-state index < -0.39 is 17.5 Å². The van der Waals surface area contributed by atoms with Gasteiger partial charge in [0.2, 0.25) is 0 Å². The number of allylic oxidation sites excluding steroid dienone is 1. The van der Waals surface area contributed by atoms with Crippen LogP contribution in [-0.2, 0) is 4.84 Å². The summed E-state index contributed by atoms with van der Waals surface area (Å²) in [4.78, 5) is 41.8. The SMILES string of the molecule is O=C(c1ccccc1)c1ccc2cc(C(O)=C(CCl)NOC(=O)n3ccnn3)c(=O)oc2c1. The van der Waals surface area contributed by atoms with E-state index in [9.17, 15) is 19.5 Å². The molecule has 166 valence electrons. The first-order valence-corrected chi connectivity index (χ1v) is 10.0. The Bertz CT molecular complexity index is 1410. The summed E-state index contributed by atoms with van der Waals surface area (Å²) in [5.41, 5.74) is 1.95. The highest BCUT2D eigenvalue weighted by molar-refractivity contribution is 6.19. The third kappa shape index (κ3) is 4.60. The predicted molar refractivity (Wildman–Crippen MR) is 118 cm³/mol. The van der Waals surface area contributed by atoms with Gasteiger partial charge in [0, 0.05) is 16.5 Å². The average Bonchev–Trinajstić information content (AvgIpc) is 3.38.